The average Bonchev–Trinajstić information content (AvgIpc) is 2.48. The lowest BCUT2D eigenvalue weighted by molar-refractivity contribution is -0.137. The van der Waals surface area contributed by atoms with Crippen molar-refractivity contribution >= 4 is 11.9 Å². The Labute approximate surface area is 128 Å². The molecule has 2 aromatic rings. The van der Waals surface area contributed by atoms with E-state index in [1.165, 1.54) is 0 Å². The van der Waals surface area contributed by atoms with Gasteiger partial charge in [-0.15, -0.1) is 0 Å². The summed E-state index contributed by atoms with van der Waals surface area (Å²) in [7, 11) is 0. The summed E-state index contributed by atoms with van der Waals surface area (Å²) in [6, 6.07) is 14.3. The van der Waals surface area contributed by atoms with Crippen molar-refractivity contribution in [2.75, 3.05) is 0 Å². The molecule has 4 heteroatoms. The molecule has 0 atom stereocenters. The molecule has 0 heterocycles. The fourth-order valence-corrected chi connectivity index (χ4v) is 2.10. The number of benzene rings is 2. The first-order valence-electron chi connectivity index (χ1n) is 6.67. The van der Waals surface area contributed by atoms with Gasteiger partial charge >= 0.3 is 11.9 Å². The fraction of sp³-hybridized carbons (Fsp3) is 0.111. The highest BCUT2D eigenvalue weighted by Crippen LogP contribution is 2.16. The molecule has 0 spiro atoms. The monoisotopic (exact) mass is 294 g/mol. The van der Waals surface area contributed by atoms with Crippen molar-refractivity contribution in [3.63, 3.8) is 0 Å². The van der Waals surface area contributed by atoms with Crippen LogP contribution in [0.25, 0.3) is 0 Å². The summed E-state index contributed by atoms with van der Waals surface area (Å²) in [6.07, 6.45) is -0.467. The molecule has 4 nitrogen and oxygen atoms in total. The van der Waals surface area contributed by atoms with E-state index in [1.54, 1.807) is 18.2 Å². The summed E-state index contributed by atoms with van der Waals surface area (Å²) < 4.78 is 0. The highest BCUT2D eigenvalue weighted by atomic mass is 16.4. The third-order valence-corrected chi connectivity index (χ3v) is 3.06. The van der Waals surface area contributed by atoms with E-state index in [1.807, 2.05) is 30.3 Å². The molecule has 0 unspecified atom stereocenters. The van der Waals surface area contributed by atoms with E-state index in [2.05, 4.69) is 11.8 Å². The molecule has 0 amide bonds. The topological polar surface area (TPSA) is 74.6 Å². The van der Waals surface area contributed by atoms with E-state index >= 15 is 0 Å². The number of hydrogen-bond acceptors (Lipinski definition) is 2. The molecule has 110 valence electrons. The highest BCUT2D eigenvalue weighted by Gasteiger charge is 2.13. The molecule has 0 aromatic heterocycles. The minimum Gasteiger partial charge on any atom is -0.481 e. The maximum Gasteiger partial charge on any atom is 0.307 e. The van der Waals surface area contributed by atoms with Crippen LogP contribution >= 0.6 is 0 Å². The van der Waals surface area contributed by atoms with Gasteiger partial charge in [0.25, 0.3) is 0 Å². The molecule has 0 aliphatic carbocycles. The molecular weight excluding hydrogens is 280 g/mol. The summed E-state index contributed by atoms with van der Waals surface area (Å²) in [6.45, 7) is 0. The maximum atomic E-state index is 11.0. The Kier molecular flexibility index (Phi) is 4.94. The van der Waals surface area contributed by atoms with Gasteiger partial charge in [-0.2, -0.15) is 0 Å². The summed E-state index contributed by atoms with van der Waals surface area (Å²) in [5.74, 6) is 3.89. The van der Waals surface area contributed by atoms with E-state index in [4.69, 9.17) is 10.2 Å². The van der Waals surface area contributed by atoms with Gasteiger partial charge in [0.05, 0.1) is 12.8 Å². The van der Waals surface area contributed by atoms with Crippen LogP contribution in [-0.2, 0) is 22.4 Å². The standard InChI is InChI=1S/C18H14O4/c19-17(20)11-15-8-4-7-14(16(15)12-18(21)22)10-9-13-5-2-1-3-6-13/h1-8H,11-12H2,(H,19,20)(H,21,22). The molecule has 22 heavy (non-hydrogen) atoms. The number of hydrogen-bond donors (Lipinski definition) is 2. The van der Waals surface area contributed by atoms with Gasteiger partial charge < -0.3 is 10.2 Å². The van der Waals surface area contributed by atoms with E-state index in [0.29, 0.717) is 16.7 Å². The molecular formula is C18H14O4. The first kappa shape index (κ1) is 15.3. The average molecular weight is 294 g/mol. The molecule has 0 aliphatic heterocycles. The fourth-order valence-electron chi connectivity index (χ4n) is 2.10. The number of aliphatic carboxylic acids is 2. The number of rotatable bonds is 4. The van der Waals surface area contributed by atoms with Gasteiger partial charge in [0.15, 0.2) is 0 Å². The number of carboxylic acid groups (broad SMARTS) is 2. The SMILES string of the molecule is O=C(O)Cc1cccc(C#Cc2ccccc2)c1CC(=O)O. The molecule has 0 saturated carbocycles. The lowest BCUT2D eigenvalue weighted by atomic mass is 9.96. The molecule has 0 saturated heterocycles. The Morgan fingerprint density at radius 3 is 2.14 bits per heavy atom. The normalized spacial score (nSPS) is 9.64. The molecule has 0 radical (unpaired) electrons. The Balaban J connectivity index is 2.44. The van der Waals surface area contributed by atoms with Gasteiger partial charge in [0.2, 0.25) is 0 Å². The second-order valence-electron chi connectivity index (χ2n) is 4.70. The van der Waals surface area contributed by atoms with Gasteiger partial charge in [-0.3, -0.25) is 9.59 Å². The van der Waals surface area contributed by atoms with Crippen LogP contribution in [0, 0.1) is 11.8 Å². The maximum absolute atomic E-state index is 11.0. The molecule has 2 N–H and O–H groups in total. The van der Waals surface area contributed by atoms with Crippen LogP contribution in [0.1, 0.15) is 22.3 Å². The van der Waals surface area contributed by atoms with E-state index in [0.717, 1.165) is 5.56 Å². The summed E-state index contributed by atoms with van der Waals surface area (Å²) in [5, 5.41) is 18.0. The van der Waals surface area contributed by atoms with Crippen molar-refractivity contribution in [2.24, 2.45) is 0 Å². The zero-order valence-corrected chi connectivity index (χ0v) is 11.7. The van der Waals surface area contributed by atoms with Crippen LogP contribution in [-0.4, -0.2) is 22.2 Å². The predicted molar refractivity (Wildman–Crippen MR) is 81.5 cm³/mol. The Bertz CT molecular complexity index is 752. The van der Waals surface area contributed by atoms with Crippen LogP contribution in [0.4, 0.5) is 0 Å². The zero-order valence-electron chi connectivity index (χ0n) is 11.7. The number of carboxylic acids is 2. The highest BCUT2D eigenvalue weighted by molar-refractivity contribution is 5.75. The third-order valence-electron chi connectivity index (χ3n) is 3.06. The Morgan fingerprint density at radius 2 is 1.50 bits per heavy atom. The van der Waals surface area contributed by atoms with E-state index < -0.39 is 11.9 Å². The largest absolute Gasteiger partial charge is 0.481 e. The lowest BCUT2D eigenvalue weighted by Gasteiger charge is -2.08. The molecule has 0 fully saturated rings. The second-order valence-corrected chi connectivity index (χ2v) is 4.70. The third kappa shape index (κ3) is 4.22. The van der Waals surface area contributed by atoms with Crippen LogP contribution < -0.4 is 0 Å². The minimum absolute atomic E-state index is 0.219. The Hall–Kier alpha value is -3.06. The van der Waals surface area contributed by atoms with Crippen molar-refractivity contribution in [2.45, 2.75) is 12.8 Å². The van der Waals surface area contributed by atoms with Crippen LogP contribution in [0.5, 0.6) is 0 Å². The molecule has 2 aromatic carbocycles. The van der Waals surface area contributed by atoms with Crippen molar-refractivity contribution in [1.82, 2.24) is 0 Å². The molecule has 2 rings (SSSR count). The smallest absolute Gasteiger partial charge is 0.307 e. The molecule has 0 aliphatic rings. The van der Waals surface area contributed by atoms with Crippen molar-refractivity contribution in [3.8, 4) is 11.8 Å². The zero-order chi connectivity index (χ0) is 15.9. The van der Waals surface area contributed by atoms with Gasteiger partial charge in [0, 0.05) is 11.1 Å². The summed E-state index contributed by atoms with van der Waals surface area (Å²) >= 11 is 0. The summed E-state index contributed by atoms with van der Waals surface area (Å²) in [5.41, 5.74) is 2.30. The molecule has 0 bridgehead atoms. The van der Waals surface area contributed by atoms with Gasteiger partial charge in [0.1, 0.15) is 0 Å². The number of carbonyl (C=O) groups is 2. The van der Waals surface area contributed by atoms with E-state index in [9.17, 15) is 9.59 Å². The Morgan fingerprint density at radius 1 is 0.818 bits per heavy atom. The van der Waals surface area contributed by atoms with Crippen molar-refractivity contribution < 1.29 is 19.8 Å². The van der Waals surface area contributed by atoms with Crippen LogP contribution in [0.15, 0.2) is 48.5 Å². The van der Waals surface area contributed by atoms with Crippen molar-refractivity contribution in [3.05, 3.63) is 70.8 Å². The first-order chi connectivity index (χ1) is 10.6. The second kappa shape index (κ2) is 7.09. The first-order valence-corrected chi connectivity index (χ1v) is 6.67. The predicted octanol–water partition coefficient (Wildman–Crippen LogP) is 2.34. The van der Waals surface area contributed by atoms with Crippen molar-refractivity contribution in [1.29, 1.82) is 0 Å². The van der Waals surface area contributed by atoms with Gasteiger partial charge in [-0.1, -0.05) is 42.2 Å². The van der Waals surface area contributed by atoms with Gasteiger partial charge in [-0.05, 0) is 29.3 Å². The summed E-state index contributed by atoms with van der Waals surface area (Å²) in [4.78, 5) is 22.0. The van der Waals surface area contributed by atoms with Crippen LogP contribution in [0.3, 0.4) is 0 Å². The quantitative estimate of drug-likeness (QED) is 0.849. The van der Waals surface area contributed by atoms with Crippen LogP contribution in [0.2, 0.25) is 0 Å². The minimum atomic E-state index is -1.01. The lowest BCUT2D eigenvalue weighted by Crippen LogP contribution is -2.09. The van der Waals surface area contributed by atoms with E-state index in [-0.39, 0.29) is 12.8 Å². The van der Waals surface area contributed by atoms with Gasteiger partial charge in [-0.25, -0.2) is 0 Å².